The van der Waals surface area contributed by atoms with Crippen LogP contribution in [0.2, 0.25) is 0 Å². The van der Waals surface area contributed by atoms with Gasteiger partial charge in [-0.25, -0.2) is 9.79 Å². The van der Waals surface area contributed by atoms with E-state index in [1.807, 2.05) is 37.3 Å². The SMILES string of the molecule is C[C@@H]1N=CN=C(Nc2cccc(C(=O)O)c2)CC1Oc1ccccc1. The van der Waals surface area contributed by atoms with Crippen LogP contribution in [0.3, 0.4) is 0 Å². The highest BCUT2D eigenvalue weighted by Gasteiger charge is 2.23. The summed E-state index contributed by atoms with van der Waals surface area (Å²) in [7, 11) is 0. The molecule has 3 rings (SSSR count). The number of benzene rings is 2. The number of ether oxygens (including phenoxy) is 1. The van der Waals surface area contributed by atoms with Gasteiger partial charge in [-0.3, -0.25) is 4.99 Å². The molecule has 6 nitrogen and oxygen atoms in total. The summed E-state index contributed by atoms with van der Waals surface area (Å²) in [6.07, 6.45) is 1.88. The topological polar surface area (TPSA) is 83.3 Å². The van der Waals surface area contributed by atoms with E-state index in [-0.39, 0.29) is 17.7 Å². The predicted octanol–water partition coefficient (Wildman–Crippen LogP) is 3.46. The Morgan fingerprint density at radius 1 is 1.20 bits per heavy atom. The van der Waals surface area contributed by atoms with Crippen molar-refractivity contribution < 1.29 is 14.6 Å². The lowest BCUT2D eigenvalue weighted by molar-refractivity contribution is 0.0697. The first kappa shape index (κ1) is 16.7. The van der Waals surface area contributed by atoms with Crippen molar-refractivity contribution in [3.8, 4) is 5.75 Å². The Morgan fingerprint density at radius 2 is 2.00 bits per heavy atom. The van der Waals surface area contributed by atoms with Crippen molar-refractivity contribution in [1.29, 1.82) is 0 Å². The second-order valence-electron chi connectivity index (χ2n) is 5.77. The molecular weight excluding hydrogens is 318 g/mol. The van der Waals surface area contributed by atoms with Crippen molar-refractivity contribution in [3.63, 3.8) is 0 Å². The van der Waals surface area contributed by atoms with Crippen molar-refractivity contribution in [2.45, 2.75) is 25.5 Å². The van der Waals surface area contributed by atoms with Crippen molar-refractivity contribution in [2.75, 3.05) is 5.32 Å². The molecule has 2 N–H and O–H groups in total. The number of nitrogens with zero attached hydrogens (tertiary/aromatic N) is 2. The van der Waals surface area contributed by atoms with E-state index in [9.17, 15) is 4.79 Å². The summed E-state index contributed by atoms with van der Waals surface area (Å²) in [5.74, 6) is 0.493. The fraction of sp³-hybridized carbons (Fsp3) is 0.211. The number of amidine groups is 1. The van der Waals surface area contributed by atoms with Gasteiger partial charge in [0.1, 0.15) is 24.0 Å². The van der Waals surface area contributed by atoms with E-state index in [1.54, 1.807) is 24.3 Å². The van der Waals surface area contributed by atoms with Crippen LogP contribution in [-0.2, 0) is 0 Å². The first-order valence-electron chi connectivity index (χ1n) is 8.02. The predicted molar refractivity (Wildman–Crippen MR) is 97.9 cm³/mol. The van der Waals surface area contributed by atoms with Gasteiger partial charge in [-0.1, -0.05) is 24.3 Å². The zero-order valence-electron chi connectivity index (χ0n) is 13.8. The standard InChI is InChI=1S/C19H19N3O3/c1-13-17(25-16-8-3-2-4-9-16)11-18(21-12-20-13)22-15-7-5-6-14(10-15)19(23)24/h2-10,12-13,17H,11H2,1H3,(H,23,24)(H,20,21,22)/t13-,17?/m0/s1. The van der Waals surface area contributed by atoms with Gasteiger partial charge in [-0.15, -0.1) is 0 Å². The number of hydrogen-bond donors (Lipinski definition) is 2. The van der Waals surface area contributed by atoms with Crippen LogP contribution in [0.25, 0.3) is 0 Å². The molecule has 0 aromatic heterocycles. The van der Waals surface area contributed by atoms with Gasteiger partial charge in [-0.2, -0.15) is 0 Å². The number of para-hydroxylation sites is 1. The maximum Gasteiger partial charge on any atom is 0.335 e. The van der Waals surface area contributed by atoms with E-state index in [2.05, 4.69) is 15.3 Å². The summed E-state index contributed by atoms with van der Waals surface area (Å²) in [5, 5.41) is 12.3. The smallest absolute Gasteiger partial charge is 0.335 e. The largest absolute Gasteiger partial charge is 0.488 e. The van der Waals surface area contributed by atoms with Gasteiger partial charge < -0.3 is 15.2 Å². The fourth-order valence-corrected chi connectivity index (χ4v) is 2.51. The Balaban J connectivity index is 1.73. The molecule has 2 aromatic carbocycles. The Hall–Kier alpha value is -3.15. The Bertz CT molecular complexity index is 803. The molecule has 0 radical (unpaired) electrons. The van der Waals surface area contributed by atoms with Gasteiger partial charge in [0.15, 0.2) is 0 Å². The number of carboxylic acids is 1. The Kier molecular flexibility index (Phi) is 5.09. The molecule has 0 fully saturated rings. The maximum atomic E-state index is 11.1. The van der Waals surface area contributed by atoms with E-state index in [4.69, 9.17) is 9.84 Å². The van der Waals surface area contributed by atoms with Crippen LogP contribution < -0.4 is 10.1 Å². The Labute approximate surface area is 145 Å². The minimum atomic E-state index is -0.966. The summed E-state index contributed by atoms with van der Waals surface area (Å²) in [6, 6.07) is 16.2. The summed E-state index contributed by atoms with van der Waals surface area (Å²) in [5.41, 5.74) is 0.887. The van der Waals surface area contributed by atoms with Crippen molar-refractivity contribution in [1.82, 2.24) is 0 Å². The fourth-order valence-electron chi connectivity index (χ4n) is 2.51. The maximum absolute atomic E-state index is 11.1. The summed E-state index contributed by atoms with van der Waals surface area (Å²) < 4.78 is 6.05. The third-order valence-electron chi connectivity index (χ3n) is 3.88. The molecule has 128 valence electrons. The molecule has 0 spiro atoms. The van der Waals surface area contributed by atoms with Crippen LogP contribution in [0.15, 0.2) is 64.6 Å². The average Bonchev–Trinajstić information content (AvgIpc) is 2.78. The molecule has 1 heterocycles. The quantitative estimate of drug-likeness (QED) is 0.895. The molecule has 1 aliphatic rings. The summed E-state index contributed by atoms with van der Waals surface area (Å²) in [6.45, 7) is 1.98. The highest BCUT2D eigenvalue weighted by atomic mass is 16.5. The van der Waals surface area contributed by atoms with Crippen LogP contribution in [-0.4, -0.2) is 35.4 Å². The molecule has 0 saturated carbocycles. The summed E-state index contributed by atoms with van der Waals surface area (Å²) in [4.78, 5) is 19.8. The highest BCUT2D eigenvalue weighted by Crippen LogP contribution is 2.19. The van der Waals surface area contributed by atoms with Crippen LogP contribution in [0.4, 0.5) is 5.69 Å². The third-order valence-corrected chi connectivity index (χ3v) is 3.88. The highest BCUT2D eigenvalue weighted by molar-refractivity contribution is 6.01. The monoisotopic (exact) mass is 337 g/mol. The molecule has 0 amide bonds. The molecule has 2 aromatic rings. The van der Waals surface area contributed by atoms with E-state index in [0.717, 1.165) is 5.75 Å². The van der Waals surface area contributed by atoms with Crippen molar-refractivity contribution >= 4 is 23.8 Å². The van der Waals surface area contributed by atoms with Crippen molar-refractivity contribution in [2.24, 2.45) is 9.98 Å². The van der Waals surface area contributed by atoms with E-state index in [0.29, 0.717) is 17.9 Å². The minimum absolute atomic E-state index is 0.0476. The van der Waals surface area contributed by atoms with Crippen LogP contribution in [0.5, 0.6) is 5.75 Å². The number of aliphatic imine (C=N–C) groups is 2. The van der Waals surface area contributed by atoms with E-state index < -0.39 is 5.97 Å². The molecule has 25 heavy (non-hydrogen) atoms. The summed E-state index contributed by atoms with van der Waals surface area (Å²) >= 11 is 0. The molecule has 6 heteroatoms. The lowest BCUT2D eigenvalue weighted by Gasteiger charge is -2.22. The normalized spacial score (nSPS) is 19.6. The number of carbonyl (C=O) groups is 1. The third kappa shape index (κ3) is 4.44. The first-order valence-corrected chi connectivity index (χ1v) is 8.02. The van der Waals surface area contributed by atoms with Crippen LogP contribution in [0, 0.1) is 0 Å². The number of nitrogens with one attached hydrogen (secondary N) is 1. The molecule has 0 aliphatic carbocycles. The number of anilines is 1. The number of hydrogen-bond acceptors (Lipinski definition) is 5. The number of carboxylic acid groups (broad SMARTS) is 1. The van der Waals surface area contributed by atoms with Gasteiger partial charge >= 0.3 is 5.97 Å². The van der Waals surface area contributed by atoms with Crippen LogP contribution in [0.1, 0.15) is 23.7 Å². The minimum Gasteiger partial charge on any atom is -0.488 e. The number of rotatable bonds is 4. The second kappa shape index (κ2) is 7.61. The molecule has 1 aliphatic heterocycles. The average molecular weight is 337 g/mol. The molecule has 0 saturated heterocycles. The lowest BCUT2D eigenvalue weighted by Crippen LogP contribution is -2.31. The Morgan fingerprint density at radius 3 is 2.76 bits per heavy atom. The second-order valence-corrected chi connectivity index (χ2v) is 5.77. The lowest BCUT2D eigenvalue weighted by atomic mass is 10.1. The zero-order chi connectivity index (χ0) is 17.6. The van der Waals surface area contributed by atoms with Gasteiger partial charge in [-0.05, 0) is 37.3 Å². The molecule has 2 atom stereocenters. The van der Waals surface area contributed by atoms with E-state index in [1.165, 1.54) is 6.34 Å². The molecular formula is C19H19N3O3. The van der Waals surface area contributed by atoms with Gasteiger partial charge in [0, 0.05) is 12.1 Å². The van der Waals surface area contributed by atoms with Crippen molar-refractivity contribution in [3.05, 3.63) is 60.2 Å². The van der Waals surface area contributed by atoms with Gasteiger partial charge in [0.25, 0.3) is 0 Å². The zero-order valence-corrected chi connectivity index (χ0v) is 13.8. The van der Waals surface area contributed by atoms with Gasteiger partial charge in [0.2, 0.25) is 0 Å². The van der Waals surface area contributed by atoms with Crippen LogP contribution >= 0.6 is 0 Å². The molecule has 0 bridgehead atoms. The molecule has 1 unspecified atom stereocenters. The van der Waals surface area contributed by atoms with E-state index >= 15 is 0 Å². The number of aromatic carboxylic acids is 1. The first-order chi connectivity index (χ1) is 12.1. The van der Waals surface area contributed by atoms with Gasteiger partial charge in [0.05, 0.1) is 11.6 Å².